The maximum absolute atomic E-state index is 13.6. The van der Waals surface area contributed by atoms with Crippen LogP contribution in [0, 0.1) is 0 Å². The molecule has 7 nitrogen and oxygen atoms in total. The minimum atomic E-state index is -0.197. The zero-order valence-electron chi connectivity index (χ0n) is 20.9. The van der Waals surface area contributed by atoms with Crippen molar-refractivity contribution in [2.24, 2.45) is 0 Å². The van der Waals surface area contributed by atoms with Crippen molar-refractivity contribution in [2.45, 2.75) is 32.7 Å². The predicted octanol–water partition coefficient (Wildman–Crippen LogP) is 5.42. The first kappa shape index (κ1) is 25.5. The van der Waals surface area contributed by atoms with E-state index in [1.54, 1.807) is 11.9 Å². The second kappa shape index (κ2) is 10.7. The number of likely N-dealkylation sites (tertiary alicyclic amines) is 1. The Bertz CT molecular complexity index is 1390. The molecular formula is C28H29BrN4O3S. The molecule has 0 N–H and O–H groups in total. The van der Waals surface area contributed by atoms with Gasteiger partial charge in [0.25, 0.3) is 5.91 Å². The van der Waals surface area contributed by atoms with E-state index < -0.39 is 0 Å². The fourth-order valence-electron chi connectivity index (χ4n) is 4.92. The van der Waals surface area contributed by atoms with Gasteiger partial charge in [0.15, 0.2) is 5.11 Å². The first-order valence-corrected chi connectivity index (χ1v) is 13.7. The Labute approximate surface area is 230 Å². The minimum absolute atomic E-state index is 0.121. The van der Waals surface area contributed by atoms with Gasteiger partial charge in [-0.15, -0.1) is 0 Å². The zero-order chi connectivity index (χ0) is 26.1. The Hall–Kier alpha value is -3.17. The van der Waals surface area contributed by atoms with Gasteiger partial charge in [0, 0.05) is 47.3 Å². The highest BCUT2D eigenvalue weighted by Crippen LogP contribution is 2.32. The van der Waals surface area contributed by atoms with Gasteiger partial charge in [-0.1, -0.05) is 15.9 Å². The Morgan fingerprint density at radius 1 is 1.11 bits per heavy atom. The Morgan fingerprint density at radius 2 is 1.84 bits per heavy atom. The van der Waals surface area contributed by atoms with Gasteiger partial charge in [-0.25, -0.2) is 0 Å². The van der Waals surface area contributed by atoms with E-state index in [0.717, 1.165) is 52.6 Å². The van der Waals surface area contributed by atoms with E-state index >= 15 is 0 Å². The number of thiocarbonyl (C=S) groups is 1. The van der Waals surface area contributed by atoms with Crippen molar-refractivity contribution in [2.75, 3.05) is 31.6 Å². The summed E-state index contributed by atoms with van der Waals surface area (Å²) in [7, 11) is 1.80. The van der Waals surface area contributed by atoms with Gasteiger partial charge < -0.3 is 19.1 Å². The topological polar surface area (TPSA) is 58.0 Å². The lowest BCUT2D eigenvalue weighted by Gasteiger charge is -2.27. The molecule has 0 atom stereocenters. The molecule has 1 aromatic heterocycles. The number of ether oxygens (including phenoxy) is 1. The van der Waals surface area contributed by atoms with Crippen LogP contribution in [0.3, 0.4) is 0 Å². The normalized spacial score (nSPS) is 17.4. The van der Waals surface area contributed by atoms with E-state index in [4.69, 9.17) is 17.0 Å². The number of amides is 2. The molecule has 192 valence electrons. The molecular weight excluding hydrogens is 552 g/mol. The summed E-state index contributed by atoms with van der Waals surface area (Å²) in [6, 6.07) is 13.3. The maximum Gasteiger partial charge on any atom is 0.281 e. The van der Waals surface area contributed by atoms with E-state index in [1.807, 2.05) is 71.1 Å². The highest BCUT2D eigenvalue weighted by Gasteiger charge is 2.37. The molecule has 5 rings (SSSR count). The number of aromatic nitrogens is 1. The predicted molar refractivity (Wildman–Crippen MR) is 154 cm³/mol. The van der Waals surface area contributed by atoms with E-state index in [2.05, 4.69) is 15.9 Å². The smallest absolute Gasteiger partial charge is 0.281 e. The summed E-state index contributed by atoms with van der Waals surface area (Å²) < 4.78 is 8.43. The number of likely N-dealkylation sites (N-methyl/N-ethyl adjacent to an activating group) is 1. The van der Waals surface area contributed by atoms with Crippen LogP contribution in [-0.2, 0) is 16.1 Å². The number of fused-ring (bicyclic) bond motifs is 1. The minimum Gasteiger partial charge on any atom is -0.494 e. The molecule has 37 heavy (non-hydrogen) atoms. The monoisotopic (exact) mass is 580 g/mol. The van der Waals surface area contributed by atoms with Crippen molar-refractivity contribution < 1.29 is 14.3 Å². The third kappa shape index (κ3) is 5.02. The summed E-state index contributed by atoms with van der Waals surface area (Å²) in [6.45, 7) is 4.40. The van der Waals surface area contributed by atoms with Crippen molar-refractivity contribution in [1.29, 1.82) is 0 Å². The fourth-order valence-corrected chi connectivity index (χ4v) is 5.57. The number of hydrogen-bond acceptors (Lipinski definition) is 4. The highest BCUT2D eigenvalue weighted by atomic mass is 79.9. The fraction of sp³-hybridized carbons (Fsp3) is 0.321. The van der Waals surface area contributed by atoms with Crippen LogP contribution in [0.15, 0.2) is 58.8 Å². The summed E-state index contributed by atoms with van der Waals surface area (Å²) >= 11 is 9.22. The number of hydrogen-bond donors (Lipinski definition) is 0. The number of nitrogens with zero attached hydrogens (tertiary/aromatic N) is 4. The van der Waals surface area contributed by atoms with Crippen LogP contribution in [0.5, 0.6) is 5.75 Å². The molecule has 0 spiro atoms. The quantitative estimate of drug-likeness (QED) is 0.288. The van der Waals surface area contributed by atoms with Crippen LogP contribution in [0.2, 0.25) is 0 Å². The second-order valence-electron chi connectivity index (χ2n) is 9.25. The average molecular weight is 582 g/mol. The van der Waals surface area contributed by atoms with E-state index in [0.29, 0.717) is 23.1 Å². The van der Waals surface area contributed by atoms with E-state index in [1.165, 1.54) is 11.3 Å². The number of rotatable bonds is 6. The molecule has 2 aromatic carbocycles. The second-order valence-corrected chi connectivity index (χ2v) is 10.5. The first-order valence-electron chi connectivity index (χ1n) is 12.5. The SMILES string of the molecule is CCOc1ccc(N2C(=O)/C(=C/c3cn(CC(=O)N4CCCCC4)c4ccc(Br)cc34)N(C)C2=S)cc1. The molecule has 0 bridgehead atoms. The molecule has 2 fully saturated rings. The standard InChI is InChI=1S/C28H29BrN4O3S/c1-3-36-22-10-8-21(9-11-22)33-27(35)25(30(2)28(33)37)15-19-17-32(24-12-7-20(29)16-23(19)24)18-26(34)31-13-5-4-6-14-31/h7-12,15-17H,3-6,13-14,18H2,1-2H3/b25-15-. The molecule has 0 saturated carbocycles. The van der Waals surface area contributed by atoms with Crippen LogP contribution < -0.4 is 9.64 Å². The molecule has 9 heteroatoms. The molecule has 3 aromatic rings. The van der Waals surface area contributed by atoms with Gasteiger partial charge in [-0.05, 0) is 86.9 Å². The average Bonchev–Trinajstić information content (AvgIpc) is 3.34. The molecule has 2 aliphatic rings. The lowest BCUT2D eigenvalue weighted by molar-refractivity contribution is -0.132. The van der Waals surface area contributed by atoms with Crippen LogP contribution in [0.1, 0.15) is 31.7 Å². The Morgan fingerprint density at radius 3 is 2.54 bits per heavy atom. The van der Waals surface area contributed by atoms with Gasteiger partial charge >= 0.3 is 0 Å². The summed E-state index contributed by atoms with van der Waals surface area (Å²) in [5.41, 5.74) is 2.96. The Kier molecular flexibility index (Phi) is 7.35. The van der Waals surface area contributed by atoms with Gasteiger partial charge in [-0.3, -0.25) is 14.5 Å². The van der Waals surface area contributed by atoms with Gasteiger partial charge in [0.1, 0.15) is 18.0 Å². The molecule has 2 saturated heterocycles. The number of anilines is 1. The van der Waals surface area contributed by atoms with Crippen LogP contribution in [0.25, 0.3) is 17.0 Å². The maximum atomic E-state index is 13.6. The molecule has 0 unspecified atom stereocenters. The number of carbonyl (C=O) groups excluding carboxylic acids is 2. The van der Waals surface area contributed by atoms with Gasteiger partial charge in [0.05, 0.1) is 12.3 Å². The zero-order valence-corrected chi connectivity index (χ0v) is 23.3. The van der Waals surface area contributed by atoms with Crippen LogP contribution in [0.4, 0.5) is 5.69 Å². The van der Waals surface area contributed by atoms with Gasteiger partial charge in [0.2, 0.25) is 5.91 Å². The number of benzene rings is 2. The highest BCUT2D eigenvalue weighted by molar-refractivity contribution is 9.10. The first-order chi connectivity index (χ1) is 17.9. The summed E-state index contributed by atoms with van der Waals surface area (Å²) in [5.74, 6) is 0.665. The van der Waals surface area contributed by atoms with Crippen LogP contribution in [-0.4, -0.2) is 58.0 Å². The molecule has 2 aliphatic heterocycles. The summed E-state index contributed by atoms with van der Waals surface area (Å²) in [4.78, 5) is 31.8. The van der Waals surface area contributed by atoms with Crippen LogP contribution >= 0.6 is 28.1 Å². The number of halogens is 1. The number of carbonyl (C=O) groups is 2. The molecule has 0 radical (unpaired) electrons. The molecule has 2 amide bonds. The summed E-state index contributed by atoms with van der Waals surface area (Å²) in [5, 5.41) is 1.37. The van der Waals surface area contributed by atoms with E-state index in [9.17, 15) is 9.59 Å². The van der Waals surface area contributed by atoms with Crippen molar-refractivity contribution >= 4 is 67.7 Å². The Balaban J connectivity index is 1.48. The van der Waals surface area contributed by atoms with E-state index in [-0.39, 0.29) is 18.4 Å². The van der Waals surface area contributed by atoms with Gasteiger partial charge in [-0.2, -0.15) is 0 Å². The molecule has 3 heterocycles. The molecule has 0 aliphatic carbocycles. The largest absolute Gasteiger partial charge is 0.494 e. The van der Waals surface area contributed by atoms with Crippen molar-refractivity contribution in [3.63, 3.8) is 0 Å². The van der Waals surface area contributed by atoms with Crippen molar-refractivity contribution in [1.82, 2.24) is 14.4 Å². The lowest BCUT2D eigenvalue weighted by atomic mass is 10.1. The number of piperidine rings is 1. The van der Waals surface area contributed by atoms with Crippen molar-refractivity contribution in [3.8, 4) is 5.75 Å². The van der Waals surface area contributed by atoms with Crippen molar-refractivity contribution in [3.05, 3.63) is 64.4 Å². The lowest BCUT2D eigenvalue weighted by Crippen LogP contribution is -2.37. The third-order valence-corrected chi connectivity index (χ3v) is 7.80. The third-order valence-electron chi connectivity index (χ3n) is 6.85. The summed E-state index contributed by atoms with van der Waals surface area (Å²) in [6.07, 6.45) is 7.11.